The molecule has 356 valence electrons. The number of benzene rings is 5. The van der Waals surface area contributed by atoms with Crippen LogP contribution in [0.5, 0.6) is 5.75 Å². The lowest BCUT2D eigenvalue weighted by molar-refractivity contribution is -0.385. The maximum atomic E-state index is 15.7. The van der Waals surface area contributed by atoms with E-state index in [0.717, 1.165) is 46.5 Å². The molecule has 4 aliphatic rings. The number of amides is 2. The third kappa shape index (κ3) is 7.88. The van der Waals surface area contributed by atoms with Crippen molar-refractivity contribution in [2.45, 2.75) is 81.1 Å². The van der Waals surface area contributed by atoms with Gasteiger partial charge in [-0.25, -0.2) is 0 Å². The lowest BCUT2D eigenvalue weighted by Crippen LogP contribution is -2.55. The number of anilines is 3. The molecule has 2 amide bonds. The highest BCUT2D eigenvalue weighted by Gasteiger charge is 2.66. The number of nitro groups is 1. The molecule has 10 rings (SSSR count). The van der Waals surface area contributed by atoms with Crippen molar-refractivity contribution in [1.82, 2.24) is 20.3 Å². The highest BCUT2D eigenvalue weighted by Crippen LogP contribution is 2.60. The van der Waals surface area contributed by atoms with Crippen LogP contribution >= 0.6 is 0 Å². The number of para-hydroxylation sites is 1. The van der Waals surface area contributed by atoms with E-state index in [-0.39, 0.29) is 42.1 Å². The van der Waals surface area contributed by atoms with Crippen molar-refractivity contribution < 1.29 is 29.1 Å². The van der Waals surface area contributed by atoms with Crippen LogP contribution in [0.2, 0.25) is 18.6 Å². The highest BCUT2D eigenvalue weighted by atomic mass is 28.3. The van der Waals surface area contributed by atoms with Gasteiger partial charge >= 0.3 is 0 Å². The molecule has 2 spiro atoms. The van der Waals surface area contributed by atoms with Crippen LogP contribution in [-0.4, -0.2) is 90.0 Å². The van der Waals surface area contributed by atoms with E-state index in [1.165, 1.54) is 12.1 Å². The number of hydrogen-bond donors (Lipinski definition) is 2. The van der Waals surface area contributed by atoms with Crippen LogP contribution in [0.25, 0.3) is 0 Å². The van der Waals surface area contributed by atoms with E-state index in [9.17, 15) is 20.0 Å². The number of nitrogens with one attached hydrogen (secondary N) is 1. The second-order valence-electron chi connectivity index (χ2n) is 19.4. The molecule has 0 bridgehead atoms. The fraction of sp³-hybridized carbons (Fsp3) is 0.358. The second kappa shape index (κ2) is 18.3. The fourth-order valence-corrected chi connectivity index (χ4v) is 16.0. The summed E-state index contributed by atoms with van der Waals surface area (Å²) < 4.78 is 14.7. The molecule has 15 nitrogen and oxygen atoms in total. The van der Waals surface area contributed by atoms with Crippen molar-refractivity contribution in [2.75, 3.05) is 48.2 Å². The average Bonchev–Trinajstić information content (AvgIpc) is 4.10. The molecule has 0 radical (unpaired) electrons. The summed E-state index contributed by atoms with van der Waals surface area (Å²) in [7, 11) is -0.929. The first-order valence-corrected chi connectivity index (χ1v) is 26.9. The largest absolute Gasteiger partial charge is 0.497 e. The van der Waals surface area contributed by atoms with E-state index >= 15 is 4.79 Å². The zero-order valence-corrected chi connectivity index (χ0v) is 40.4. The Morgan fingerprint density at radius 3 is 2.32 bits per heavy atom. The minimum absolute atomic E-state index is 0.0549. The van der Waals surface area contributed by atoms with Gasteiger partial charge in [-0.1, -0.05) is 103 Å². The van der Waals surface area contributed by atoms with Gasteiger partial charge in [-0.3, -0.25) is 29.3 Å². The molecular weight excluding hydrogens is 889 g/mol. The second-order valence-corrected chi connectivity index (χ2v) is 24.1. The van der Waals surface area contributed by atoms with Gasteiger partial charge in [0.1, 0.15) is 11.3 Å². The molecule has 1 aromatic heterocycles. The van der Waals surface area contributed by atoms with Gasteiger partial charge in [0.05, 0.1) is 63.3 Å². The smallest absolute Gasteiger partial charge is 0.269 e. The van der Waals surface area contributed by atoms with Gasteiger partial charge in [-0.2, -0.15) is 0 Å². The number of hydrogen-bond acceptors (Lipinski definition) is 11. The molecule has 1 unspecified atom stereocenters. The first kappa shape index (κ1) is 46.0. The molecule has 5 atom stereocenters. The fourth-order valence-electron chi connectivity index (χ4n) is 11.9. The molecule has 3 saturated heterocycles. The number of non-ortho nitro benzene ring substituents is 1. The number of carbonyl (C=O) groups is 2. The van der Waals surface area contributed by atoms with E-state index in [2.05, 4.69) is 64.8 Å². The molecule has 2 N–H and O–H groups in total. The van der Waals surface area contributed by atoms with Gasteiger partial charge in [0.25, 0.3) is 17.5 Å². The molecule has 4 aliphatic heterocycles. The molecule has 69 heavy (non-hydrogen) atoms. The normalized spacial score (nSPS) is 22.4. The van der Waals surface area contributed by atoms with Crippen LogP contribution in [-0.2, 0) is 33.0 Å². The number of aliphatic hydroxyl groups excluding tert-OH is 1. The molecular formula is C53H58N8O7Si. The summed E-state index contributed by atoms with van der Waals surface area (Å²) in [5, 5.41) is 36.5. The monoisotopic (exact) mass is 946 g/mol. The number of piperidine rings is 1. The number of rotatable bonds is 14. The van der Waals surface area contributed by atoms with Gasteiger partial charge in [-0.05, 0) is 91.5 Å². The minimum Gasteiger partial charge on any atom is -0.497 e. The van der Waals surface area contributed by atoms with Crippen LogP contribution in [0.4, 0.5) is 22.7 Å². The Morgan fingerprint density at radius 2 is 1.62 bits per heavy atom. The van der Waals surface area contributed by atoms with Gasteiger partial charge < -0.3 is 29.7 Å². The van der Waals surface area contributed by atoms with E-state index in [0.29, 0.717) is 49.4 Å². The zero-order chi connectivity index (χ0) is 48.1. The number of aromatic nitrogens is 3. The van der Waals surface area contributed by atoms with Crippen LogP contribution < -0.4 is 29.9 Å². The molecule has 5 heterocycles. The van der Waals surface area contributed by atoms with Crippen LogP contribution in [0.1, 0.15) is 54.5 Å². The van der Waals surface area contributed by atoms with E-state index in [4.69, 9.17) is 9.47 Å². The van der Waals surface area contributed by atoms with Crippen molar-refractivity contribution in [3.63, 3.8) is 0 Å². The summed E-state index contributed by atoms with van der Waals surface area (Å²) in [5.74, 6) is -0.237. The summed E-state index contributed by atoms with van der Waals surface area (Å²) in [6.07, 6.45) is 3.23. The van der Waals surface area contributed by atoms with E-state index in [1.807, 2.05) is 96.0 Å². The summed E-state index contributed by atoms with van der Waals surface area (Å²) in [5.41, 5.74) is 2.67. The van der Waals surface area contributed by atoms with Gasteiger partial charge in [0, 0.05) is 47.7 Å². The maximum absolute atomic E-state index is 15.7. The first-order chi connectivity index (χ1) is 33.4. The van der Waals surface area contributed by atoms with Gasteiger partial charge in [-0.15, -0.1) is 5.10 Å². The van der Waals surface area contributed by atoms with Crippen molar-refractivity contribution in [3.8, 4) is 5.75 Å². The number of aliphatic hydroxyl groups is 1. The third-order valence-electron chi connectivity index (χ3n) is 15.5. The molecule has 16 heteroatoms. The molecule has 3 fully saturated rings. The zero-order valence-electron chi connectivity index (χ0n) is 39.4. The van der Waals surface area contributed by atoms with Gasteiger partial charge in [0.2, 0.25) is 0 Å². The summed E-state index contributed by atoms with van der Waals surface area (Å²) in [6, 6.07) is 40.4. The Labute approximate surface area is 402 Å². The highest BCUT2D eigenvalue weighted by molar-refractivity contribution is 6.91. The van der Waals surface area contributed by atoms with Crippen molar-refractivity contribution in [1.29, 1.82) is 0 Å². The lowest BCUT2D eigenvalue weighted by Gasteiger charge is -2.39. The predicted octanol–water partition coefficient (Wildman–Crippen LogP) is 7.11. The number of methoxy groups -OCH3 is 1. The van der Waals surface area contributed by atoms with Crippen molar-refractivity contribution in [2.24, 2.45) is 5.92 Å². The maximum Gasteiger partial charge on any atom is 0.269 e. The first-order valence-electron chi connectivity index (χ1n) is 23.8. The van der Waals surface area contributed by atoms with Crippen molar-refractivity contribution in [3.05, 3.63) is 166 Å². The van der Waals surface area contributed by atoms with Crippen LogP contribution in [0.3, 0.4) is 0 Å². The predicted molar refractivity (Wildman–Crippen MR) is 266 cm³/mol. The SMILES string of the molecule is COc1ccc([Si](C)(C)[C@@H]2[C@@H](CCn3cc(C(CO)c4ccccc4)nn3)O[C@]3(C(=O)N(Cc4cccc(N5CN(c6ccccc6)C6(CCNCC6)C5=O)c4)c4ccc([N+](=O)[O-])cc43)[C@H]2C)cc1. The summed E-state index contributed by atoms with van der Waals surface area (Å²) in [4.78, 5) is 48.3. The van der Waals surface area contributed by atoms with Gasteiger partial charge in [0.15, 0.2) is 5.60 Å². The van der Waals surface area contributed by atoms with E-state index in [1.54, 1.807) is 22.8 Å². The topological polar surface area (TPSA) is 168 Å². The summed E-state index contributed by atoms with van der Waals surface area (Å²) in [6.45, 7) is 8.97. The number of carbonyl (C=O) groups excluding carboxylic acids is 2. The number of nitro benzene ring substituents is 1. The quantitative estimate of drug-likeness (QED) is 0.0649. The molecule has 6 aromatic rings. The number of aryl methyl sites for hydroxylation is 1. The Kier molecular flexibility index (Phi) is 12.2. The minimum atomic E-state index is -2.57. The standard InChI is InChI=1S/C53H58N8O7Si/c1-36-49(69(3,4)43-21-19-42(67-2)20-22-43)48(24-29-57-33-46(55-56-57)44(34-62)38-13-7-5-8-14-38)68-53(36)45-31-41(61(65)66)18-23-47(45)58(51(53)64)32-37-12-11-17-40(30-37)59-35-60(39-15-9-6-10-16-39)52(50(59)63)25-27-54-28-26-52/h5-23,30-31,33,36,44,48-49,54,62H,24-29,32,34-35H2,1-4H3/t36-,44?,48+,49-,53+/m0/s1. The summed E-state index contributed by atoms with van der Waals surface area (Å²) >= 11 is 0. The Bertz CT molecular complexity index is 2860. The third-order valence-corrected chi connectivity index (χ3v) is 19.8. The Balaban J connectivity index is 0.996. The van der Waals surface area contributed by atoms with E-state index < -0.39 is 36.2 Å². The van der Waals surface area contributed by atoms with Crippen molar-refractivity contribution >= 4 is 47.8 Å². The number of fused-ring (bicyclic) bond motifs is 2. The van der Waals surface area contributed by atoms with Crippen LogP contribution in [0.15, 0.2) is 134 Å². The number of nitrogens with zero attached hydrogens (tertiary/aromatic N) is 7. The Morgan fingerprint density at radius 1 is 0.913 bits per heavy atom. The Hall–Kier alpha value is -6.72. The van der Waals surface area contributed by atoms with Crippen LogP contribution in [0, 0.1) is 16.0 Å². The lowest BCUT2D eigenvalue weighted by atomic mass is 9.82. The number of ether oxygens (including phenoxy) is 2. The molecule has 0 saturated carbocycles. The average molecular weight is 947 g/mol. The molecule has 5 aromatic carbocycles. The molecule has 0 aliphatic carbocycles.